The second-order valence-corrected chi connectivity index (χ2v) is 5.56. The van der Waals surface area contributed by atoms with Crippen LogP contribution in [-0.2, 0) is 11.3 Å². The van der Waals surface area contributed by atoms with Crippen LogP contribution in [0.15, 0.2) is 24.3 Å². The zero-order chi connectivity index (χ0) is 15.0. The van der Waals surface area contributed by atoms with E-state index in [2.05, 4.69) is 26.8 Å². The molecule has 0 aliphatic rings. The van der Waals surface area contributed by atoms with E-state index in [1.807, 2.05) is 17.0 Å². The Morgan fingerprint density at radius 2 is 1.95 bits per heavy atom. The Bertz CT molecular complexity index is 457. The predicted octanol–water partition coefficient (Wildman–Crippen LogP) is 3.73. The van der Waals surface area contributed by atoms with E-state index < -0.39 is 0 Å². The molecule has 1 rings (SSSR count). The van der Waals surface area contributed by atoms with Gasteiger partial charge in [-0.2, -0.15) is 5.26 Å². The van der Waals surface area contributed by atoms with E-state index in [0.717, 1.165) is 24.9 Å². The molecule has 0 aromatic heterocycles. The molecule has 0 heterocycles. The molecule has 108 valence electrons. The van der Waals surface area contributed by atoms with Crippen LogP contribution in [0.5, 0.6) is 0 Å². The summed E-state index contributed by atoms with van der Waals surface area (Å²) in [5, 5.41) is 8.79. The Balaban J connectivity index is 2.65. The molecule has 0 spiro atoms. The molecule has 0 aliphatic carbocycles. The van der Waals surface area contributed by atoms with Crippen molar-refractivity contribution in [3.63, 3.8) is 0 Å². The highest BCUT2D eigenvalue weighted by molar-refractivity contribution is 5.76. The van der Waals surface area contributed by atoms with Gasteiger partial charge in [0.15, 0.2) is 0 Å². The lowest BCUT2D eigenvalue weighted by Crippen LogP contribution is -2.31. The monoisotopic (exact) mass is 272 g/mol. The summed E-state index contributed by atoms with van der Waals surface area (Å²) in [4.78, 5) is 14.2. The highest BCUT2D eigenvalue weighted by Gasteiger charge is 2.13. The number of carbonyl (C=O) groups is 1. The van der Waals surface area contributed by atoms with E-state index in [1.165, 1.54) is 0 Å². The minimum atomic E-state index is 0.227. The van der Waals surface area contributed by atoms with Gasteiger partial charge in [0.25, 0.3) is 0 Å². The van der Waals surface area contributed by atoms with Crippen LogP contribution < -0.4 is 0 Å². The van der Waals surface area contributed by atoms with Crippen LogP contribution in [0, 0.1) is 17.2 Å². The van der Waals surface area contributed by atoms with Crippen LogP contribution >= 0.6 is 0 Å². The van der Waals surface area contributed by atoms with Gasteiger partial charge in [0.1, 0.15) is 0 Å². The van der Waals surface area contributed by atoms with E-state index in [4.69, 9.17) is 5.26 Å². The first-order valence-corrected chi connectivity index (χ1v) is 7.33. The minimum Gasteiger partial charge on any atom is -0.338 e. The van der Waals surface area contributed by atoms with Gasteiger partial charge in [-0.15, -0.1) is 0 Å². The Hall–Kier alpha value is -1.82. The highest BCUT2D eigenvalue weighted by Crippen LogP contribution is 2.11. The van der Waals surface area contributed by atoms with Crippen LogP contribution in [-0.4, -0.2) is 17.4 Å². The lowest BCUT2D eigenvalue weighted by atomic mass is 10.1. The molecule has 0 bridgehead atoms. The lowest BCUT2D eigenvalue weighted by Gasteiger charge is -2.22. The molecule has 1 amide bonds. The standard InChI is InChI=1S/C17H24N2O/c1-4-11-19(17(20)10-5-14(2)3)13-16-8-6-15(12-18)7-9-16/h6-9,14H,4-5,10-11,13H2,1-3H3. The third kappa shape index (κ3) is 5.44. The van der Waals surface area contributed by atoms with Crippen molar-refractivity contribution in [3.05, 3.63) is 35.4 Å². The Labute approximate surface area is 122 Å². The number of carbonyl (C=O) groups excluding carboxylic acids is 1. The molecular formula is C17H24N2O. The van der Waals surface area contributed by atoms with Gasteiger partial charge < -0.3 is 4.90 Å². The van der Waals surface area contributed by atoms with Crippen molar-refractivity contribution in [1.82, 2.24) is 4.90 Å². The van der Waals surface area contributed by atoms with Gasteiger partial charge in [-0.3, -0.25) is 4.79 Å². The van der Waals surface area contributed by atoms with Crippen molar-refractivity contribution in [3.8, 4) is 6.07 Å². The van der Waals surface area contributed by atoms with Gasteiger partial charge in [-0.1, -0.05) is 32.9 Å². The SMILES string of the molecule is CCCN(Cc1ccc(C#N)cc1)C(=O)CCC(C)C. The zero-order valence-electron chi connectivity index (χ0n) is 12.7. The number of nitriles is 1. The van der Waals surface area contributed by atoms with Gasteiger partial charge >= 0.3 is 0 Å². The molecule has 1 aromatic rings. The maximum absolute atomic E-state index is 12.2. The topological polar surface area (TPSA) is 44.1 Å². The van der Waals surface area contributed by atoms with E-state index in [9.17, 15) is 4.79 Å². The van der Waals surface area contributed by atoms with Gasteiger partial charge in [0, 0.05) is 19.5 Å². The maximum atomic E-state index is 12.2. The van der Waals surface area contributed by atoms with Crippen LogP contribution in [0.25, 0.3) is 0 Å². The largest absolute Gasteiger partial charge is 0.338 e. The smallest absolute Gasteiger partial charge is 0.222 e. The normalized spacial score (nSPS) is 10.3. The van der Waals surface area contributed by atoms with Gasteiger partial charge in [0.05, 0.1) is 11.6 Å². The molecule has 0 fully saturated rings. The van der Waals surface area contributed by atoms with Crippen LogP contribution in [0.4, 0.5) is 0 Å². The number of amides is 1. The Morgan fingerprint density at radius 1 is 1.30 bits per heavy atom. The molecule has 20 heavy (non-hydrogen) atoms. The van der Waals surface area contributed by atoms with Crippen molar-refractivity contribution in [1.29, 1.82) is 5.26 Å². The molecule has 0 aliphatic heterocycles. The molecule has 0 radical (unpaired) electrons. The molecule has 0 saturated carbocycles. The molecule has 1 aromatic carbocycles. The molecule has 3 heteroatoms. The van der Waals surface area contributed by atoms with Crippen LogP contribution in [0.3, 0.4) is 0 Å². The van der Waals surface area contributed by atoms with E-state index in [1.54, 1.807) is 12.1 Å². The summed E-state index contributed by atoms with van der Waals surface area (Å²) in [6, 6.07) is 9.57. The first-order chi connectivity index (χ1) is 9.56. The average molecular weight is 272 g/mol. The summed E-state index contributed by atoms with van der Waals surface area (Å²) in [6.07, 6.45) is 2.52. The van der Waals surface area contributed by atoms with Crippen molar-refractivity contribution in [2.75, 3.05) is 6.54 Å². The molecule has 0 unspecified atom stereocenters. The maximum Gasteiger partial charge on any atom is 0.222 e. The Kier molecular flexibility index (Phi) is 6.79. The second kappa shape index (κ2) is 8.37. The molecule has 0 atom stereocenters. The van der Waals surface area contributed by atoms with Gasteiger partial charge in [0.2, 0.25) is 5.91 Å². The molecule has 0 N–H and O–H groups in total. The highest BCUT2D eigenvalue weighted by atomic mass is 16.2. The second-order valence-electron chi connectivity index (χ2n) is 5.56. The van der Waals surface area contributed by atoms with Crippen molar-refractivity contribution in [2.45, 2.75) is 46.6 Å². The third-order valence-electron chi connectivity index (χ3n) is 3.24. The predicted molar refractivity (Wildman–Crippen MR) is 80.9 cm³/mol. The number of hydrogen-bond donors (Lipinski definition) is 0. The van der Waals surface area contributed by atoms with Crippen LogP contribution in [0.1, 0.15) is 51.2 Å². The summed E-state index contributed by atoms with van der Waals surface area (Å²) in [5.41, 5.74) is 1.73. The van der Waals surface area contributed by atoms with Crippen molar-refractivity contribution >= 4 is 5.91 Å². The first kappa shape index (κ1) is 16.2. The first-order valence-electron chi connectivity index (χ1n) is 7.33. The molecule has 3 nitrogen and oxygen atoms in total. The van der Waals surface area contributed by atoms with E-state index in [-0.39, 0.29) is 5.91 Å². The van der Waals surface area contributed by atoms with Crippen molar-refractivity contribution in [2.24, 2.45) is 5.92 Å². The number of rotatable bonds is 7. The number of nitrogens with zero attached hydrogens (tertiary/aromatic N) is 2. The van der Waals surface area contributed by atoms with Gasteiger partial charge in [-0.05, 0) is 36.5 Å². The number of hydrogen-bond acceptors (Lipinski definition) is 2. The zero-order valence-corrected chi connectivity index (χ0v) is 12.7. The van der Waals surface area contributed by atoms with E-state index >= 15 is 0 Å². The summed E-state index contributed by atoms with van der Waals surface area (Å²) >= 11 is 0. The minimum absolute atomic E-state index is 0.227. The molecule has 0 saturated heterocycles. The summed E-state index contributed by atoms with van der Waals surface area (Å²) in [5.74, 6) is 0.780. The fourth-order valence-corrected chi connectivity index (χ4v) is 2.04. The van der Waals surface area contributed by atoms with Crippen molar-refractivity contribution < 1.29 is 4.79 Å². The quantitative estimate of drug-likeness (QED) is 0.759. The summed E-state index contributed by atoms with van der Waals surface area (Å²) < 4.78 is 0. The summed E-state index contributed by atoms with van der Waals surface area (Å²) in [7, 11) is 0. The van der Waals surface area contributed by atoms with E-state index in [0.29, 0.717) is 24.4 Å². The fourth-order valence-electron chi connectivity index (χ4n) is 2.04. The van der Waals surface area contributed by atoms with Gasteiger partial charge in [-0.25, -0.2) is 0 Å². The lowest BCUT2D eigenvalue weighted by molar-refractivity contribution is -0.132. The third-order valence-corrected chi connectivity index (χ3v) is 3.24. The molecular weight excluding hydrogens is 248 g/mol. The summed E-state index contributed by atoms with van der Waals surface area (Å²) in [6.45, 7) is 7.78. The fraction of sp³-hybridized carbons (Fsp3) is 0.529. The number of benzene rings is 1. The average Bonchev–Trinajstić information content (AvgIpc) is 2.45. The Morgan fingerprint density at radius 3 is 2.45 bits per heavy atom. The van der Waals surface area contributed by atoms with Crippen LogP contribution in [0.2, 0.25) is 0 Å².